The van der Waals surface area contributed by atoms with Crippen LogP contribution in [-0.4, -0.2) is 17.0 Å². The van der Waals surface area contributed by atoms with Crippen molar-refractivity contribution in [2.75, 3.05) is 0 Å². The van der Waals surface area contributed by atoms with Crippen molar-refractivity contribution in [3.05, 3.63) is 102 Å². The number of amides is 1. The molecule has 4 rings (SSSR count). The average molecular weight is 563 g/mol. The molecular formula is C23H14BrCl2N3O5. The Kier molecular flexibility index (Phi) is 7.16. The molecule has 0 fully saturated rings. The molecule has 8 nitrogen and oxygen atoms in total. The van der Waals surface area contributed by atoms with Crippen LogP contribution < -0.4 is 10.2 Å². The summed E-state index contributed by atoms with van der Waals surface area (Å²) in [4.78, 5) is 22.7. The molecule has 1 aromatic heterocycles. The molecule has 3 aromatic carbocycles. The number of nitro groups is 1. The van der Waals surface area contributed by atoms with E-state index in [9.17, 15) is 14.9 Å². The van der Waals surface area contributed by atoms with Gasteiger partial charge in [0.2, 0.25) is 0 Å². The second-order valence-corrected chi connectivity index (χ2v) is 8.70. The van der Waals surface area contributed by atoms with Crippen molar-refractivity contribution in [1.82, 2.24) is 5.43 Å². The SMILES string of the molecule is O=C(N/N=C/c1ccc(OCc2ccc(Cl)cc2Cl)c(Br)c1)c1cc2cc([N+](=O)[O-])ccc2o1. The van der Waals surface area contributed by atoms with E-state index in [1.165, 1.54) is 30.5 Å². The lowest BCUT2D eigenvalue weighted by Crippen LogP contribution is -2.16. The third-order valence-electron chi connectivity index (χ3n) is 4.67. The van der Waals surface area contributed by atoms with Crippen LogP contribution in [0.2, 0.25) is 10.0 Å². The summed E-state index contributed by atoms with van der Waals surface area (Å²) in [6.45, 7) is 0.263. The van der Waals surface area contributed by atoms with Gasteiger partial charge in [-0.15, -0.1) is 0 Å². The smallest absolute Gasteiger partial charge is 0.307 e. The third-order valence-corrected chi connectivity index (χ3v) is 5.88. The molecule has 34 heavy (non-hydrogen) atoms. The number of hydrogen-bond acceptors (Lipinski definition) is 6. The number of hydrazone groups is 1. The first-order valence-corrected chi connectivity index (χ1v) is 11.2. The molecule has 0 aliphatic carbocycles. The molecule has 0 atom stereocenters. The molecule has 0 spiro atoms. The fraction of sp³-hybridized carbons (Fsp3) is 0.0435. The van der Waals surface area contributed by atoms with Gasteiger partial charge in [0.05, 0.1) is 15.6 Å². The fourth-order valence-electron chi connectivity index (χ4n) is 2.99. The van der Waals surface area contributed by atoms with E-state index in [0.717, 1.165) is 5.56 Å². The maximum Gasteiger partial charge on any atom is 0.307 e. The maximum absolute atomic E-state index is 12.3. The van der Waals surface area contributed by atoms with Crippen LogP contribution in [0.25, 0.3) is 11.0 Å². The second kappa shape index (κ2) is 10.3. The number of ether oxygens (including phenoxy) is 1. The van der Waals surface area contributed by atoms with Gasteiger partial charge in [-0.2, -0.15) is 5.10 Å². The summed E-state index contributed by atoms with van der Waals surface area (Å²) in [7, 11) is 0. The minimum atomic E-state index is -0.589. The number of rotatable bonds is 7. The van der Waals surface area contributed by atoms with Crippen LogP contribution in [0.15, 0.2) is 74.7 Å². The van der Waals surface area contributed by atoms with Gasteiger partial charge in [0.1, 0.15) is 17.9 Å². The Morgan fingerprint density at radius 2 is 1.97 bits per heavy atom. The molecule has 11 heteroatoms. The second-order valence-electron chi connectivity index (χ2n) is 7.00. The van der Waals surface area contributed by atoms with Crippen molar-refractivity contribution < 1.29 is 18.9 Å². The maximum atomic E-state index is 12.3. The van der Waals surface area contributed by atoms with Crippen LogP contribution in [0.5, 0.6) is 5.75 Å². The zero-order valence-corrected chi connectivity index (χ0v) is 20.2. The minimum absolute atomic E-state index is 0.0153. The van der Waals surface area contributed by atoms with E-state index >= 15 is 0 Å². The molecule has 0 radical (unpaired) electrons. The molecular weight excluding hydrogens is 549 g/mol. The van der Waals surface area contributed by atoms with E-state index < -0.39 is 10.8 Å². The summed E-state index contributed by atoms with van der Waals surface area (Å²) in [5, 5.41) is 16.3. The van der Waals surface area contributed by atoms with Gasteiger partial charge in [-0.25, -0.2) is 5.43 Å². The zero-order chi connectivity index (χ0) is 24.2. The molecule has 1 heterocycles. The Morgan fingerprint density at radius 3 is 2.71 bits per heavy atom. The van der Waals surface area contributed by atoms with Gasteiger partial charge in [-0.3, -0.25) is 14.9 Å². The number of nitrogens with one attached hydrogen (secondary N) is 1. The number of nitrogens with zero attached hydrogens (tertiary/aromatic N) is 2. The van der Waals surface area contributed by atoms with Crippen LogP contribution in [0, 0.1) is 10.1 Å². The highest BCUT2D eigenvalue weighted by Crippen LogP contribution is 2.28. The molecule has 0 saturated heterocycles. The first-order valence-electron chi connectivity index (χ1n) is 9.68. The number of carbonyl (C=O) groups excluding carboxylic acids is 1. The van der Waals surface area contributed by atoms with Gasteiger partial charge >= 0.3 is 5.91 Å². The number of carbonyl (C=O) groups is 1. The predicted molar refractivity (Wildman–Crippen MR) is 133 cm³/mol. The highest BCUT2D eigenvalue weighted by molar-refractivity contribution is 9.10. The zero-order valence-electron chi connectivity index (χ0n) is 17.1. The Balaban J connectivity index is 1.38. The summed E-state index contributed by atoms with van der Waals surface area (Å²) < 4.78 is 11.9. The van der Waals surface area contributed by atoms with Crippen molar-refractivity contribution in [1.29, 1.82) is 0 Å². The van der Waals surface area contributed by atoms with Crippen molar-refractivity contribution in [3.63, 3.8) is 0 Å². The van der Waals surface area contributed by atoms with Crippen LogP contribution in [0.4, 0.5) is 5.69 Å². The monoisotopic (exact) mass is 561 g/mol. The van der Waals surface area contributed by atoms with Gasteiger partial charge < -0.3 is 9.15 Å². The Bertz CT molecular complexity index is 1440. The van der Waals surface area contributed by atoms with E-state index in [2.05, 4.69) is 26.5 Å². The number of nitro benzene ring substituents is 1. The molecule has 0 bridgehead atoms. The largest absolute Gasteiger partial charge is 0.488 e. The number of non-ortho nitro benzene ring substituents is 1. The van der Waals surface area contributed by atoms with E-state index in [0.29, 0.717) is 36.8 Å². The van der Waals surface area contributed by atoms with Crippen LogP contribution >= 0.6 is 39.1 Å². The van der Waals surface area contributed by atoms with Crippen LogP contribution in [0.1, 0.15) is 21.7 Å². The topological polar surface area (TPSA) is 107 Å². The summed E-state index contributed by atoms with van der Waals surface area (Å²) in [5.74, 6) is -0.00373. The standard InChI is InChI=1S/C23H14BrCl2N3O5/c24-18-7-13(1-5-21(18)33-12-14-2-3-16(25)10-19(14)26)11-27-28-23(30)22-9-15-8-17(29(31)32)4-6-20(15)34-22/h1-11H,12H2,(H,28,30)/b27-11+. The predicted octanol–water partition coefficient (Wildman–Crippen LogP) is 6.75. The Hall–Kier alpha value is -3.40. The van der Waals surface area contributed by atoms with Crippen LogP contribution in [0.3, 0.4) is 0 Å². The highest BCUT2D eigenvalue weighted by atomic mass is 79.9. The summed E-state index contributed by atoms with van der Waals surface area (Å²) >= 11 is 15.5. The van der Waals surface area contributed by atoms with E-state index in [1.807, 2.05) is 0 Å². The van der Waals surface area contributed by atoms with Crippen molar-refractivity contribution in [2.45, 2.75) is 6.61 Å². The fourth-order valence-corrected chi connectivity index (χ4v) is 3.96. The highest BCUT2D eigenvalue weighted by Gasteiger charge is 2.14. The number of halogens is 3. The quantitative estimate of drug-likeness (QED) is 0.152. The lowest BCUT2D eigenvalue weighted by Gasteiger charge is -2.10. The number of furan rings is 1. The molecule has 1 N–H and O–H groups in total. The van der Waals surface area contributed by atoms with Crippen molar-refractivity contribution in [3.8, 4) is 5.75 Å². The first kappa shape index (κ1) is 23.7. The van der Waals surface area contributed by atoms with Crippen molar-refractivity contribution in [2.24, 2.45) is 5.10 Å². The lowest BCUT2D eigenvalue weighted by atomic mass is 10.2. The summed E-state index contributed by atoms with van der Waals surface area (Å²) in [5.41, 5.74) is 4.13. The van der Waals surface area contributed by atoms with E-state index in [1.54, 1.807) is 36.4 Å². The van der Waals surface area contributed by atoms with Gasteiger partial charge in [0.15, 0.2) is 5.76 Å². The summed E-state index contributed by atoms with van der Waals surface area (Å²) in [6.07, 6.45) is 1.45. The lowest BCUT2D eigenvalue weighted by molar-refractivity contribution is -0.384. The van der Waals surface area contributed by atoms with Gasteiger partial charge in [0, 0.05) is 33.1 Å². The third kappa shape index (κ3) is 5.56. The number of hydrogen-bond donors (Lipinski definition) is 1. The normalized spacial score (nSPS) is 11.1. The Morgan fingerprint density at radius 1 is 1.15 bits per heavy atom. The summed E-state index contributed by atoms with van der Waals surface area (Å²) in [6, 6.07) is 16.0. The number of fused-ring (bicyclic) bond motifs is 1. The molecule has 0 aliphatic heterocycles. The molecule has 1 amide bonds. The van der Waals surface area contributed by atoms with Gasteiger partial charge in [-0.05, 0) is 64.0 Å². The average Bonchev–Trinajstić information content (AvgIpc) is 3.23. The first-order chi connectivity index (χ1) is 16.3. The van der Waals surface area contributed by atoms with Crippen LogP contribution in [-0.2, 0) is 6.61 Å². The van der Waals surface area contributed by atoms with Gasteiger partial charge in [0.25, 0.3) is 5.69 Å². The molecule has 4 aromatic rings. The molecule has 0 aliphatic rings. The minimum Gasteiger partial charge on any atom is -0.488 e. The van der Waals surface area contributed by atoms with E-state index in [-0.39, 0.29) is 18.1 Å². The van der Waals surface area contributed by atoms with Gasteiger partial charge in [-0.1, -0.05) is 29.3 Å². The number of benzene rings is 3. The molecule has 0 unspecified atom stereocenters. The molecule has 172 valence electrons. The van der Waals surface area contributed by atoms with E-state index in [4.69, 9.17) is 32.4 Å². The van der Waals surface area contributed by atoms with Crippen molar-refractivity contribution >= 4 is 67.9 Å². The molecule has 0 saturated carbocycles. The Labute approximate surface area is 211 Å².